The Bertz CT molecular complexity index is 1400. The Morgan fingerprint density at radius 3 is 2.33 bits per heavy atom. The van der Waals surface area contributed by atoms with Crippen molar-refractivity contribution in [2.45, 2.75) is 20.8 Å². The van der Waals surface area contributed by atoms with Crippen LogP contribution < -0.4 is 10.2 Å². The molecule has 8 heteroatoms. The summed E-state index contributed by atoms with van der Waals surface area (Å²) in [5, 5.41) is 12.1. The summed E-state index contributed by atoms with van der Waals surface area (Å²) in [5.41, 5.74) is 5.27. The minimum atomic E-state index is -0.553. The van der Waals surface area contributed by atoms with Crippen molar-refractivity contribution in [2.24, 2.45) is 0 Å². The zero-order chi connectivity index (χ0) is 23.9. The molecular weight excluding hydrogens is 456 g/mol. The zero-order valence-corrected chi connectivity index (χ0v) is 19.7. The molecule has 0 spiro atoms. The third-order valence-electron chi connectivity index (χ3n) is 5.54. The highest BCUT2D eigenvalue weighted by molar-refractivity contribution is 7.80. The van der Waals surface area contributed by atoms with Gasteiger partial charge in [0.1, 0.15) is 5.57 Å². The van der Waals surface area contributed by atoms with Crippen LogP contribution in [0.5, 0.6) is 0 Å². The number of nitriles is 1. The number of benzene rings is 2. The highest BCUT2D eigenvalue weighted by Gasteiger charge is 2.35. The van der Waals surface area contributed by atoms with Crippen LogP contribution in [0.15, 0.2) is 54.1 Å². The lowest BCUT2D eigenvalue weighted by Crippen LogP contribution is -2.54. The first-order chi connectivity index (χ1) is 15.7. The van der Waals surface area contributed by atoms with Crippen LogP contribution in [-0.2, 0) is 9.59 Å². The van der Waals surface area contributed by atoms with Crippen LogP contribution in [0.2, 0.25) is 5.02 Å². The first-order valence-electron chi connectivity index (χ1n) is 10.1. The second-order valence-electron chi connectivity index (χ2n) is 7.71. The third kappa shape index (κ3) is 4.07. The molecule has 0 bridgehead atoms. The number of carbonyl (C=O) groups is 2. The maximum Gasteiger partial charge on any atom is 0.270 e. The van der Waals surface area contributed by atoms with Gasteiger partial charge in [0, 0.05) is 22.1 Å². The number of rotatable bonds is 3. The van der Waals surface area contributed by atoms with Gasteiger partial charge in [0.15, 0.2) is 5.11 Å². The van der Waals surface area contributed by atoms with E-state index < -0.39 is 11.8 Å². The molecule has 33 heavy (non-hydrogen) atoms. The lowest BCUT2D eigenvalue weighted by Gasteiger charge is -2.29. The average Bonchev–Trinajstić information content (AvgIpc) is 3.06. The quantitative estimate of drug-likeness (QED) is 0.337. The van der Waals surface area contributed by atoms with Crippen LogP contribution in [0, 0.1) is 32.1 Å². The molecule has 3 aromatic rings. The maximum absolute atomic E-state index is 13.3. The largest absolute Gasteiger partial charge is 0.318 e. The number of anilines is 1. The molecule has 1 aliphatic heterocycles. The predicted molar refractivity (Wildman–Crippen MR) is 132 cm³/mol. The molecule has 2 heterocycles. The molecule has 2 aromatic carbocycles. The van der Waals surface area contributed by atoms with Crippen LogP contribution in [0.25, 0.3) is 11.8 Å². The van der Waals surface area contributed by atoms with Crippen LogP contribution in [0.4, 0.5) is 5.69 Å². The number of hydrogen-bond donors (Lipinski definition) is 1. The van der Waals surface area contributed by atoms with Crippen molar-refractivity contribution < 1.29 is 9.59 Å². The number of carbonyl (C=O) groups excluding carboxylic acids is 2. The van der Waals surface area contributed by atoms with Gasteiger partial charge < -0.3 is 4.57 Å². The van der Waals surface area contributed by atoms with E-state index in [2.05, 4.69) is 11.4 Å². The summed E-state index contributed by atoms with van der Waals surface area (Å²) < 4.78 is 2.00. The summed E-state index contributed by atoms with van der Waals surface area (Å²) in [4.78, 5) is 27.3. The molecule has 6 nitrogen and oxygen atoms in total. The van der Waals surface area contributed by atoms with E-state index in [4.69, 9.17) is 29.1 Å². The molecule has 1 N–H and O–H groups in total. The van der Waals surface area contributed by atoms with E-state index in [0.29, 0.717) is 16.3 Å². The Morgan fingerprint density at radius 1 is 1.03 bits per heavy atom. The average molecular weight is 475 g/mol. The molecule has 4 rings (SSSR count). The fraction of sp³-hybridized carbons (Fsp3) is 0.120. The summed E-state index contributed by atoms with van der Waals surface area (Å²) in [5.74, 6) is -1.07. The van der Waals surface area contributed by atoms with Crippen LogP contribution in [-0.4, -0.2) is 21.5 Å². The zero-order valence-electron chi connectivity index (χ0n) is 18.1. The fourth-order valence-electron chi connectivity index (χ4n) is 3.78. The predicted octanol–water partition coefficient (Wildman–Crippen LogP) is 4.76. The van der Waals surface area contributed by atoms with Crippen LogP contribution in [0.1, 0.15) is 28.1 Å². The molecule has 0 unspecified atom stereocenters. The molecule has 1 saturated heterocycles. The topological polar surface area (TPSA) is 78.1 Å². The number of nitrogens with one attached hydrogen (secondary N) is 1. The third-order valence-corrected chi connectivity index (χ3v) is 6.23. The molecule has 1 aliphatic rings. The lowest BCUT2D eigenvalue weighted by molar-refractivity contribution is -0.122. The first-order valence-corrected chi connectivity index (χ1v) is 10.9. The molecule has 1 aromatic heterocycles. The Labute approximate surface area is 201 Å². The molecule has 2 amide bonds. The normalized spacial score (nSPS) is 15.1. The molecule has 1 fully saturated rings. The van der Waals surface area contributed by atoms with Gasteiger partial charge in [-0.1, -0.05) is 17.7 Å². The number of amides is 2. The molecule has 0 radical (unpaired) electrons. The Kier molecular flexibility index (Phi) is 5.90. The highest BCUT2D eigenvalue weighted by atomic mass is 35.5. The van der Waals surface area contributed by atoms with Gasteiger partial charge in [-0.15, -0.1) is 0 Å². The monoisotopic (exact) mass is 474 g/mol. The van der Waals surface area contributed by atoms with Crippen LogP contribution >= 0.6 is 23.8 Å². The second kappa shape index (κ2) is 8.66. The van der Waals surface area contributed by atoms with Crippen molar-refractivity contribution in [2.75, 3.05) is 4.90 Å². The maximum atomic E-state index is 13.3. The van der Waals surface area contributed by atoms with Gasteiger partial charge in [-0.25, -0.2) is 0 Å². The molecule has 0 aliphatic carbocycles. The second-order valence-corrected chi connectivity index (χ2v) is 8.51. The molecule has 164 valence electrons. The molecular formula is C25H19ClN4O2S. The number of aromatic nitrogens is 1. The van der Waals surface area contributed by atoms with Crippen molar-refractivity contribution in [1.82, 2.24) is 9.88 Å². The van der Waals surface area contributed by atoms with Crippen LogP contribution in [0.3, 0.4) is 0 Å². The van der Waals surface area contributed by atoms with E-state index in [1.54, 1.807) is 36.4 Å². The summed E-state index contributed by atoms with van der Waals surface area (Å²) in [7, 11) is 0. The van der Waals surface area contributed by atoms with Crippen molar-refractivity contribution in [3.63, 3.8) is 0 Å². The van der Waals surface area contributed by atoms with Gasteiger partial charge in [-0.3, -0.25) is 19.8 Å². The summed E-state index contributed by atoms with van der Waals surface area (Å²) in [6, 6.07) is 16.4. The van der Waals surface area contributed by atoms with Gasteiger partial charge in [-0.05, 0) is 92.7 Å². The van der Waals surface area contributed by atoms with Gasteiger partial charge in [0.2, 0.25) is 0 Å². The van der Waals surface area contributed by atoms with Crippen molar-refractivity contribution in [3.8, 4) is 11.8 Å². The Balaban J connectivity index is 1.75. The Morgan fingerprint density at radius 2 is 1.70 bits per heavy atom. The standard InChI is InChI=1S/C25H19ClN4O2S/c1-14-4-7-20(12-22(14)26)30-24(32)21(23(31)28-25(30)33)11-18-10-15(2)29(16(18)3)19-8-5-17(13-27)6-9-19/h4-12H,1-3H3,(H,28,31,33)/b21-11+. The lowest BCUT2D eigenvalue weighted by atomic mass is 10.1. The number of halogens is 1. The van der Waals surface area contributed by atoms with E-state index >= 15 is 0 Å². The molecule has 0 atom stereocenters. The smallest absolute Gasteiger partial charge is 0.270 e. The number of nitrogens with zero attached hydrogens (tertiary/aromatic N) is 3. The SMILES string of the molecule is Cc1ccc(N2C(=O)/C(=C/c3cc(C)n(-c4ccc(C#N)cc4)c3C)C(=O)NC2=S)cc1Cl. The molecule has 0 saturated carbocycles. The van der Waals surface area contributed by atoms with E-state index in [-0.39, 0.29) is 10.7 Å². The van der Waals surface area contributed by atoms with Crippen molar-refractivity contribution >= 4 is 52.5 Å². The van der Waals surface area contributed by atoms with Crippen molar-refractivity contribution in [3.05, 3.63) is 87.2 Å². The summed E-state index contributed by atoms with van der Waals surface area (Å²) in [6.45, 7) is 5.70. The number of thiocarbonyl (C=S) groups is 1. The van der Waals surface area contributed by atoms with Gasteiger partial charge in [0.05, 0.1) is 17.3 Å². The van der Waals surface area contributed by atoms with E-state index in [0.717, 1.165) is 28.2 Å². The number of hydrogen-bond acceptors (Lipinski definition) is 4. The van der Waals surface area contributed by atoms with E-state index in [1.165, 1.54) is 4.90 Å². The first kappa shape index (κ1) is 22.5. The number of aryl methyl sites for hydroxylation is 2. The van der Waals surface area contributed by atoms with Gasteiger partial charge >= 0.3 is 0 Å². The van der Waals surface area contributed by atoms with Gasteiger partial charge in [-0.2, -0.15) is 5.26 Å². The summed E-state index contributed by atoms with van der Waals surface area (Å²) in [6.07, 6.45) is 1.57. The fourth-order valence-corrected chi connectivity index (χ4v) is 4.24. The van der Waals surface area contributed by atoms with Crippen molar-refractivity contribution in [1.29, 1.82) is 5.26 Å². The van der Waals surface area contributed by atoms with Gasteiger partial charge in [0.25, 0.3) is 11.8 Å². The van der Waals surface area contributed by atoms with E-state index in [9.17, 15) is 9.59 Å². The van der Waals surface area contributed by atoms with E-state index in [1.807, 2.05) is 43.5 Å². The highest BCUT2D eigenvalue weighted by Crippen LogP contribution is 2.28. The minimum Gasteiger partial charge on any atom is -0.318 e. The minimum absolute atomic E-state index is 0.00475. The Hall–Kier alpha value is -3.73. The summed E-state index contributed by atoms with van der Waals surface area (Å²) >= 11 is 11.5.